The van der Waals surface area contributed by atoms with Gasteiger partial charge in [-0.2, -0.15) is 0 Å². The minimum atomic E-state index is -2.91. The molecule has 2 aromatic heterocycles. The van der Waals surface area contributed by atoms with E-state index >= 15 is 0 Å². The van der Waals surface area contributed by atoms with E-state index in [0.717, 1.165) is 4.88 Å². The molecule has 3 aromatic rings. The van der Waals surface area contributed by atoms with Crippen molar-refractivity contribution >= 4 is 25.3 Å². The van der Waals surface area contributed by atoms with Crippen LogP contribution in [0.5, 0.6) is 0 Å². The summed E-state index contributed by atoms with van der Waals surface area (Å²) in [5.41, 5.74) is 1.95. The number of terminal acetylenes is 1. The van der Waals surface area contributed by atoms with E-state index in [1.807, 2.05) is 37.4 Å². The molecule has 6 nitrogen and oxygen atoms in total. The Balaban J connectivity index is 2.30. The Bertz CT molecular complexity index is 1210. The van der Waals surface area contributed by atoms with Crippen LogP contribution < -0.4 is 0 Å². The third-order valence-electron chi connectivity index (χ3n) is 5.26. The van der Waals surface area contributed by atoms with Gasteiger partial charge in [0, 0.05) is 12.8 Å². The quantitative estimate of drug-likeness (QED) is 0.227. The molecular weight excluding hydrogens is 476 g/mol. The summed E-state index contributed by atoms with van der Waals surface area (Å²) in [7, 11) is -1.63. The number of aromatic nitrogens is 1. The summed E-state index contributed by atoms with van der Waals surface area (Å²) in [6, 6.07) is 11.5. The summed E-state index contributed by atoms with van der Waals surface area (Å²) < 4.78 is 36.6. The Morgan fingerprint density at radius 2 is 2.00 bits per heavy atom. The highest BCUT2D eigenvalue weighted by Gasteiger charge is 2.35. The molecule has 0 saturated carbocycles. The molecule has 0 bridgehead atoms. The van der Waals surface area contributed by atoms with Crippen molar-refractivity contribution in [3.8, 4) is 34.2 Å². The van der Waals surface area contributed by atoms with Crippen LogP contribution in [0, 0.1) is 18.3 Å². The van der Waals surface area contributed by atoms with Gasteiger partial charge in [-0.3, -0.25) is 14.3 Å². The molecule has 2 heterocycles. The zero-order valence-corrected chi connectivity index (χ0v) is 20.8. The SMILES string of the molecule is C#COC(=O)CC(O)C(c1c(-c2ccc(F)cc2)cc(-c2cccs2)nc1C(C)C)[PH](=O)OC. The van der Waals surface area contributed by atoms with Gasteiger partial charge in [-0.05, 0) is 52.3 Å². The average molecular weight is 502 g/mol. The minimum absolute atomic E-state index is 0.131. The summed E-state index contributed by atoms with van der Waals surface area (Å²) in [6.45, 7) is 3.86. The van der Waals surface area contributed by atoms with Gasteiger partial charge < -0.3 is 14.4 Å². The van der Waals surface area contributed by atoms with Gasteiger partial charge >= 0.3 is 5.97 Å². The molecule has 0 amide bonds. The van der Waals surface area contributed by atoms with E-state index in [9.17, 15) is 18.9 Å². The van der Waals surface area contributed by atoms with Crippen molar-refractivity contribution in [3.63, 3.8) is 0 Å². The number of nitrogens with zero attached hydrogens (tertiary/aromatic N) is 1. The number of aliphatic hydroxyl groups excluding tert-OH is 1. The monoisotopic (exact) mass is 501 g/mol. The van der Waals surface area contributed by atoms with Gasteiger partial charge in [0.1, 0.15) is 11.9 Å². The molecule has 1 aromatic carbocycles. The average Bonchev–Trinajstić information content (AvgIpc) is 3.34. The summed E-state index contributed by atoms with van der Waals surface area (Å²) in [6.07, 6.45) is 4.90. The molecule has 0 spiro atoms. The number of rotatable bonds is 9. The highest BCUT2D eigenvalue weighted by Crippen LogP contribution is 2.50. The summed E-state index contributed by atoms with van der Waals surface area (Å²) in [5.74, 6) is -1.36. The third-order valence-corrected chi connectivity index (χ3v) is 7.74. The summed E-state index contributed by atoms with van der Waals surface area (Å²) in [4.78, 5) is 17.8. The number of aliphatic hydroxyl groups is 1. The van der Waals surface area contributed by atoms with E-state index in [1.165, 1.54) is 30.6 Å². The molecule has 0 aliphatic rings. The number of thiophene rings is 1. The van der Waals surface area contributed by atoms with Crippen molar-refractivity contribution in [3.05, 3.63) is 64.9 Å². The van der Waals surface area contributed by atoms with E-state index < -0.39 is 38.0 Å². The van der Waals surface area contributed by atoms with Crippen molar-refractivity contribution in [1.29, 1.82) is 0 Å². The van der Waals surface area contributed by atoms with Gasteiger partial charge in [0.2, 0.25) is 8.03 Å². The predicted octanol–water partition coefficient (Wildman–Crippen LogP) is 5.79. The number of hydrogen-bond acceptors (Lipinski definition) is 7. The topological polar surface area (TPSA) is 85.7 Å². The van der Waals surface area contributed by atoms with Gasteiger partial charge in [-0.1, -0.05) is 38.5 Å². The number of carbonyl (C=O) groups excluding carboxylic acids is 1. The summed E-state index contributed by atoms with van der Waals surface area (Å²) in [5, 5.41) is 13.0. The fourth-order valence-electron chi connectivity index (χ4n) is 3.75. The molecule has 0 radical (unpaired) electrons. The molecule has 0 fully saturated rings. The molecule has 0 saturated heterocycles. The first-order chi connectivity index (χ1) is 16.3. The molecular formula is C25H25FNO5PS. The van der Waals surface area contributed by atoms with Crippen molar-refractivity contribution in [2.45, 2.75) is 37.9 Å². The van der Waals surface area contributed by atoms with Crippen LogP contribution in [0.1, 0.15) is 43.1 Å². The smallest absolute Gasteiger partial charge is 0.322 e. The van der Waals surface area contributed by atoms with Crippen molar-refractivity contribution in [1.82, 2.24) is 4.98 Å². The van der Waals surface area contributed by atoms with E-state index in [2.05, 4.69) is 4.74 Å². The number of carbonyl (C=O) groups is 1. The van der Waals surface area contributed by atoms with Crippen LogP contribution >= 0.6 is 19.4 Å². The van der Waals surface area contributed by atoms with Crippen LogP contribution in [0.3, 0.4) is 0 Å². The predicted molar refractivity (Wildman–Crippen MR) is 131 cm³/mol. The molecule has 3 rings (SSSR count). The Hall–Kier alpha value is -2.82. The third kappa shape index (κ3) is 5.81. The molecule has 0 aliphatic carbocycles. The van der Waals surface area contributed by atoms with E-state index in [0.29, 0.717) is 28.1 Å². The Morgan fingerprint density at radius 3 is 2.56 bits per heavy atom. The highest BCUT2D eigenvalue weighted by molar-refractivity contribution is 7.39. The van der Waals surface area contributed by atoms with Crippen LogP contribution in [0.25, 0.3) is 21.7 Å². The molecule has 0 aliphatic heterocycles. The number of benzene rings is 1. The lowest BCUT2D eigenvalue weighted by molar-refractivity contribution is -0.139. The summed E-state index contributed by atoms with van der Waals surface area (Å²) >= 11 is 1.52. The maximum absolute atomic E-state index is 13.7. The van der Waals surface area contributed by atoms with Gasteiger partial charge in [0.25, 0.3) is 0 Å². The van der Waals surface area contributed by atoms with E-state index in [1.54, 1.807) is 18.2 Å². The Morgan fingerprint density at radius 1 is 1.29 bits per heavy atom. The van der Waals surface area contributed by atoms with Crippen LogP contribution in [-0.2, 0) is 18.6 Å². The minimum Gasteiger partial charge on any atom is -0.391 e. The van der Waals surface area contributed by atoms with Crippen molar-refractivity contribution in [2.24, 2.45) is 0 Å². The van der Waals surface area contributed by atoms with Crippen molar-refractivity contribution < 1.29 is 28.1 Å². The standard InChI is InChI=1S/C25H25FNO5PS/c1-5-32-22(29)14-20(28)25(33(30)31-4)23-18(16-8-10-17(26)11-9-16)13-19(21-7-6-12-34-21)27-24(23)15(2)3/h1,6-13,15,20,25,28,33H,14H2,2-4H3. The maximum atomic E-state index is 13.7. The molecule has 178 valence electrons. The zero-order chi connectivity index (χ0) is 24.8. The van der Waals surface area contributed by atoms with Crippen LogP contribution in [0.2, 0.25) is 0 Å². The Kier molecular flexibility index (Phi) is 8.76. The highest BCUT2D eigenvalue weighted by atomic mass is 32.1. The normalized spacial score (nSPS) is 13.8. The first kappa shape index (κ1) is 25.8. The lowest BCUT2D eigenvalue weighted by Gasteiger charge is -2.28. The van der Waals surface area contributed by atoms with Crippen molar-refractivity contribution in [2.75, 3.05) is 7.11 Å². The Labute approximate surface area is 202 Å². The zero-order valence-electron chi connectivity index (χ0n) is 18.9. The first-order valence-corrected chi connectivity index (χ1v) is 12.8. The molecule has 3 atom stereocenters. The van der Waals surface area contributed by atoms with Gasteiger partial charge in [-0.25, -0.2) is 4.39 Å². The number of esters is 1. The fraction of sp³-hybridized carbons (Fsp3) is 0.280. The van der Waals surface area contributed by atoms with Crippen LogP contribution in [0.4, 0.5) is 4.39 Å². The molecule has 9 heteroatoms. The van der Waals surface area contributed by atoms with Gasteiger partial charge in [0.15, 0.2) is 0 Å². The molecule has 3 unspecified atom stereocenters. The second-order valence-corrected chi connectivity index (χ2v) is 10.5. The number of halogens is 1. The number of pyridine rings is 1. The largest absolute Gasteiger partial charge is 0.391 e. The van der Waals surface area contributed by atoms with Crippen LogP contribution in [-0.4, -0.2) is 29.3 Å². The van der Waals surface area contributed by atoms with Crippen LogP contribution in [0.15, 0.2) is 47.8 Å². The van der Waals surface area contributed by atoms with Gasteiger partial charge in [-0.15, -0.1) is 11.3 Å². The van der Waals surface area contributed by atoms with E-state index in [-0.39, 0.29) is 5.92 Å². The molecule has 1 N–H and O–H groups in total. The van der Waals surface area contributed by atoms with E-state index in [4.69, 9.17) is 15.9 Å². The second kappa shape index (κ2) is 11.5. The molecule has 34 heavy (non-hydrogen) atoms. The number of hydrogen-bond donors (Lipinski definition) is 1. The van der Waals surface area contributed by atoms with Gasteiger partial charge in [0.05, 0.1) is 28.8 Å². The lowest BCUT2D eigenvalue weighted by atomic mass is 9.89. The number of ether oxygens (including phenoxy) is 1. The lowest BCUT2D eigenvalue weighted by Crippen LogP contribution is -2.23. The second-order valence-electron chi connectivity index (χ2n) is 7.86. The first-order valence-electron chi connectivity index (χ1n) is 10.5. The fourth-order valence-corrected chi connectivity index (χ4v) is 5.66. The maximum Gasteiger partial charge on any atom is 0.322 e.